The van der Waals surface area contributed by atoms with Crippen LogP contribution in [0.15, 0.2) is 60.8 Å². The third-order valence-corrected chi connectivity index (χ3v) is 6.90. The number of esters is 1. The van der Waals surface area contributed by atoms with Gasteiger partial charge in [-0.3, -0.25) is 4.79 Å². The Kier molecular flexibility index (Phi) is 9.10. The Hall–Kier alpha value is -4.62. The van der Waals surface area contributed by atoms with Crippen molar-refractivity contribution in [2.24, 2.45) is 0 Å². The van der Waals surface area contributed by atoms with Gasteiger partial charge in [0, 0.05) is 23.2 Å². The molecule has 41 heavy (non-hydrogen) atoms. The number of benzene rings is 2. The fraction of sp³-hybridized carbons (Fsp3) is 0.353. The van der Waals surface area contributed by atoms with Gasteiger partial charge >= 0.3 is 5.97 Å². The average molecular weight is 549 g/mol. The molecule has 0 fully saturated rings. The van der Waals surface area contributed by atoms with Crippen molar-refractivity contribution in [1.29, 1.82) is 5.26 Å². The number of nitriles is 1. The lowest BCUT2D eigenvalue weighted by Gasteiger charge is -2.16. The monoisotopic (exact) mass is 548 g/mol. The third-order valence-electron chi connectivity index (χ3n) is 6.90. The van der Waals surface area contributed by atoms with Gasteiger partial charge in [-0.05, 0) is 62.6 Å². The van der Waals surface area contributed by atoms with Gasteiger partial charge in [-0.25, -0.2) is 9.50 Å². The van der Waals surface area contributed by atoms with Gasteiger partial charge in [-0.2, -0.15) is 10.4 Å². The number of ether oxygens (including phenoxy) is 2. The van der Waals surface area contributed by atoms with E-state index >= 15 is 0 Å². The summed E-state index contributed by atoms with van der Waals surface area (Å²) in [6.07, 6.45) is 2.16. The standard InChI is InChI=1S/C34H36N4O3/c1-7-9-27(19-31(39)40-8-2)25-12-16-29(17-13-25)41-21-24-18-30(33-36-32(23(3)4)37-38(33)20-24)26-10-14-28(15-11-26)34(5,6)22-35/h10-18,20,23,27H,8,19,21H2,1-6H3. The van der Waals surface area contributed by atoms with Crippen LogP contribution in [-0.2, 0) is 21.6 Å². The first-order chi connectivity index (χ1) is 19.6. The maximum atomic E-state index is 12.0. The summed E-state index contributed by atoms with van der Waals surface area (Å²) in [6.45, 7) is 12.2. The van der Waals surface area contributed by atoms with E-state index in [2.05, 4.69) is 37.8 Å². The van der Waals surface area contributed by atoms with Gasteiger partial charge in [0.2, 0.25) is 0 Å². The molecule has 210 valence electrons. The SMILES string of the molecule is CC#CC(CC(=O)OCC)c1ccc(OCc2cc(-c3ccc(C(C)(C)C#N)cc3)c3nc(C(C)C)nn3c2)cc1. The Labute approximate surface area is 242 Å². The largest absolute Gasteiger partial charge is 0.489 e. The molecule has 4 rings (SSSR count). The molecule has 0 aliphatic carbocycles. The summed E-state index contributed by atoms with van der Waals surface area (Å²) in [5, 5.41) is 14.3. The summed E-state index contributed by atoms with van der Waals surface area (Å²) in [4.78, 5) is 16.8. The van der Waals surface area contributed by atoms with E-state index in [9.17, 15) is 10.1 Å². The summed E-state index contributed by atoms with van der Waals surface area (Å²) in [5.74, 6) is 7.19. The van der Waals surface area contributed by atoms with Gasteiger partial charge in [0.05, 0.1) is 30.4 Å². The number of hydrogen-bond acceptors (Lipinski definition) is 6. The minimum absolute atomic E-state index is 0.185. The maximum Gasteiger partial charge on any atom is 0.307 e. The zero-order chi connectivity index (χ0) is 29.6. The highest BCUT2D eigenvalue weighted by Crippen LogP contribution is 2.30. The Morgan fingerprint density at radius 1 is 1.10 bits per heavy atom. The zero-order valence-corrected chi connectivity index (χ0v) is 24.6. The predicted octanol–water partition coefficient (Wildman–Crippen LogP) is 6.96. The van der Waals surface area contributed by atoms with Crippen LogP contribution in [0, 0.1) is 23.2 Å². The predicted molar refractivity (Wildman–Crippen MR) is 159 cm³/mol. The topological polar surface area (TPSA) is 89.5 Å². The molecule has 1 unspecified atom stereocenters. The molecule has 2 aromatic carbocycles. The van der Waals surface area contributed by atoms with Crippen molar-refractivity contribution >= 4 is 11.6 Å². The Balaban J connectivity index is 1.59. The van der Waals surface area contributed by atoms with Crippen molar-refractivity contribution in [2.75, 3.05) is 6.61 Å². The molecule has 0 radical (unpaired) electrons. The number of carbonyl (C=O) groups is 1. The van der Waals surface area contributed by atoms with Gasteiger partial charge < -0.3 is 9.47 Å². The Morgan fingerprint density at radius 2 is 1.80 bits per heavy atom. The molecule has 4 aromatic rings. The quantitative estimate of drug-likeness (QED) is 0.157. The molecular formula is C34H36N4O3. The van der Waals surface area contributed by atoms with E-state index in [1.165, 1.54) is 0 Å². The van der Waals surface area contributed by atoms with E-state index in [1.807, 2.05) is 73.1 Å². The molecule has 2 heterocycles. The van der Waals surface area contributed by atoms with Crippen molar-refractivity contribution in [3.63, 3.8) is 0 Å². The van der Waals surface area contributed by atoms with Crippen molar-refractivity contribution in [3.05, 3.63) is 83.3 Å². The van der Waals surface area contributed by atoms with Gasteiger partial charge in [0.1, 0.15) is 12.4 Å². The molecule has 0 spiro atoms. The molecule has 0 amide bonds. The van der Waals surface area contributed by atoms with Crippen molar-refractivity contribution < 1.29 is 14.3 Å². The zero-order valence-electron chi connectivity index (χ0n) is 24.6. The minimum Gasteiger partial charge on any atom is -0.489 e. The summed E-state index contributed by atoms with van der Waals surface area (Å²) in [5.41, 5.74) is 4.99. The Bertz CT molecular complexity index is 1620. The molecule has 0 N–H and O–H groups in total. The van der Waals surface area contributed by atoms with E-state index in [0.29, 0.717) is 19.0 Å². The second-order valence-corrected chi connectivity index (χ2v) is 10.8. The van der Waals surface area contributed by atoms with Gasteiger partial charge in [-0.1, -0.05) is 56.2 Å². The highest BCUT2D eigenvalue weighted by molar-refractivity contribution is 5.78. The van der Waals surface area contributed by atoms with Crippen LogP contribution in [0.5, 0.6) is 5.75 Å². The van der Waals surface area contributed by atoms with Crippen LogP contribution in [0.4, 0.5) is 0 Å². The maximum absolute atomic E-state index is 12.0. The van der Waals surface area contributed by atoms with Crippen molar-refractivity contribution in [2.45, 2.75) is 71.8 Å². The normalized spacial score (nSPS) is 12.0. The van der Waals surface area contributed by atoms with Crippen LogP contribution in [0.25, 0.3) is 16.8 Å². The molecule has 7 nitrogen and oxygen atoms in total. The van der Waals surface area contributed by atoms with Crippen LogP contribution in [-0.4, -0.2) is 27.2 Å². The fourth-order valence-corrected chi connectivity index (χ4v) is 4.50. The molecule has 0 bridgehead atoms. The summed E-state index contributed by atoms with van der Waals surface area (Å²) in [6, 6.07) is 20.2. The number of hydrogen-bond donors (Lipinski definition) is 0. The first kappa shape index (κ1) is 29.4. The van der Waals surface area contributed by atoms with Crippen LogP contribution < -0.4 is 4.74 Å². The Morgan fingerprint density at radius 3 is 2.41 bits per heavy atom. The van der Waals surface area contributed by atoms with Crippen LogP contribution in [0.2, 0.25) is 0 Å². The molecule has 0 saturated heterocycles. The van der Waals surface area contributed by atoms with Gasteiger partial charge in [-0.15, -0.1) is 5.92 Å². The number of fused-ring (bicyclic) bond motifs is 1. The smallest absolute Gasteiger partial charge is 0.307 e. The molecular weight excluding hydrogens is 512 g/mol. The lowest BCUT2D eigenvalue weighted by molar-refractivity contribution is -0.143. The summed E-state index contributed by atoms with van der Waals surface area (Å²) < 4.78 is 13.1. The third kappa shape index (κ3) is 6.94. The van der Waals surface area contributed by atoms with Crippen LogP contribution in [0.3, 0.4) is 0 Å². The van der Waals surface area contributed by atoms with E-state index in [4.69, 9.17) is 19.6 Å². The first-order valence-electron chi connectivity index (χ1n) is 13.9. The number of nitrogens with zero attached hydrogens (tertiary/aromatic N) is 4. The second kappa shape index (κ2) is 12.7. The van der Waals surface area contributed by atoms with E-state index in [-0.39, 0.29) is 24.2 Å². The minimum atomic E-state index is -0.569. The first-order valence-corrected chi connectivity index (χ1v) is 13.9. The highest BCUT2D eigenvalue weighted by Gasteiger charge is 2.20. The number of rotatable bonds is 10. The molecule has 0 saturated carbocycles. The van der Waals surface area contributed by atoms with Gasteiger partial charge in [0.25, 0.3) is 0 Å². The molecule has 7 heteroatoms. The lowest BCUT2D eigenvalue weighted by atomic mass is 9.85. The molecule has 2 aromatic heterocycles. The second-order valence-electron chi connectivity index (χ2n) is 10.8. The highest BCUT2D eigenvalue weighted by atomic mass is 16.5. The summed E-state index contributed by atoms with van der Waals surface area (Å²) in [7, 11) is 0. The number of aromatic nitrogens is 3. The van der Waals surface area contributed by atoms with E-state index in [1.54, 1.807) is 13.8 Å². The lowest BCUT2D eigenvalue weighted by Crippen LogP contribution is -2.13. The average Bonchev–Trinajstić information content (AvgIpc) is 3.41. The molecule has 1 atom stereocenters. The van der Waals surface area contributed by atoms with E-state index < -0.39 is 5.41 Å². The van der Waals surface area contributed by atoms with Crippen LogP contribution in [0.1, 0.15) is 82.3 Å². The van der Waals surface area contributed by atoms with Crippen LogP contribution >= 0.6 is 0 Å². The summed E-state index contributed by atoms with van der Waals surface area (Å²) >= 11 is 0. The van der Waals surface area contributed by atoms with Gasteiger partial charge in [0.15, 0.2) is 11.5 Å². The van der Waals surface area contributed by atoms with Crippen molar-refractivity contribution in [1.82, 2.24) is 14.6 Å². The number of pyridine rings is 1. The fourth-order valence-electron chi connectivity index (χ4n) is 4.50. The van der Waals surface area contributed by atoms with E-state index in [0.717, 1.165) is 39.3 Å². The molecule has 0 aliphatic rings. The number of carbonyl (C=O) groups excluding carboxylic acids is 1. The molecule has 0 aliphatic heterocycles. The van der Waals surface area contributed by atoms with Crippen molar-refractivity contribution in [3.8, 4) is 34.8 Å².